The van der Waals surface area contributed by atoms with E-state index in [-0.39, 0.29) is 5.54 Å². The van der Waals surface area contributed by atoms with Gasteiger partial charge < -0.3 is 11.1 Å². The maximum atomic E-state index is 5.86. The number of hydrogen-bond donors (Lipinski definition) is 2. The first-order chi connectivity index (χ1) is 7.16. The second kappa shape index (κ2) is 3.74. The Balaban J connectivity index is 2.32. The van der Waals surface area contributed by atoms with E-state index in [0.29, 0.717) is 12.5 Å². The van der Waals surface area contributed by atoms with Crippen LogP contribution in [0.3, 0.4) is 0 Å². The zero-order valence-electron chi connectivity index (χ0n) is 8.63. The molecule has 1 aliphatic heterocycles. The fraction of sp³-hybridized carbons (Fsp3) is 0.364. The molecule has 0 fully saturated rings. The van der Waals surface area contributed by atoms with E-state index >= 15 is 0 Å². The molecule has 3 nitrogen and oxygen atoms in total. The van der Waals surface area contributed by atoms with Gasteiger partial charge in [-0.3, -0.25) is 4.99 Å². The molecule has 1 aromatic carbocycles. The monoisotopic (exact) mass is 223 g/mol. The van der Waals surface area contributed by atoms with Gasteiger partial charge in [0.15, 0.2) is 5.96 Å². The van der Waals surface area contributed by atoms with E-state index in [0.717, 1.165) is 11.4 Å². The minimum absolute atomic E-state index is 0.144. The third-order valence-corrected chi connectivity index (χ3v) is 3.14. The van der Waals surface area contributed by atoms with Crippen molar-refractivity contribution in [2.75, 3.05) is 6.54 Å². The molecule has 0 aliphatic carbocycles. The van der Waals surface area contributed by atoms with Crippen molar-refractivity contribution < 1.29 is 0 Å². The lowest BCUT2D eigenvalue weighted by molar-refractivity contribution is 0.415. The Morgan fingerprint density at radius 3 is 2.60 bits per heavy atom. The molecule has 15 heavy (non-hydrogen) atoms. The van der Waals surface area contributed by atoms with Crippen molar-refractivity contribution in [3.8, 4) is 0 Å². The molecule has 0 aromatic heterocycles. The molecule has 0 radical (unpaired) electrons. The van der Waals surface area contributed by atoms with Gasteiger partial charge in [0.1, 0.15) is 0 Å². The van der Waals surface area contributed by atoms with Crippen LogP contribution in [0.15, 0.2) is 29.3 Å². The quantitative estimate of drug-likeness (QED) is 0.804. The van der Waals surface area contributed by atoms with Crippen molar-refractivity contribution in [1.82, 2.24) is 5.32 Å². The molecular weight excluding hydrogens is 210 g/mol. The molecule has 1 unspecified atom stereocenters. The van der Waals surface area contributed by atoms with Gasteiger partial charge in [-0.05, 0) is 24.1 Å². The first kappa shape index (κ1) is 10.3. The molecule has 1 aliphatic rings. The fourth-order valence-electron chi connectivity index (χ4n) is 1.88. The number of nitrogens with one attached hydrogen (secondary N) is 1. The fourth-order valence-corrected chi connectivity index (χ4v) is 2.01. The van der Waals surface area contributed by atoms with E-state index in [2.05, 4.69) is 17.2 Å². The Morgan fingerprint density at radius 2 is 2.13 bits per heavy atom. The number of nitrogens with two attached hydrogens (primary N) is 1. The number of aliphatic imine (C=N–C) groups is 1. The SMILES string of the molecule is CCC1(c2ccc(Cl)cc2)CN=C(N)N1. The summed E-state index contributed by atoms with van der Waals surface area (Å²) in [5, 5.41) is 3.98. The molecule has 0 spiro atoms. The zero-order chi connectivity index (χ0) is 10.9. The summed E-state index contributed by atoms with van der Waals surface area (Å²) in [4.78, 5) is 4.21. The molecule has 1 aromatic rings. The van der Waals surface area contributed by atoms with E-state index < -0.39 is 0 Å². The van der Waals surface area contributed by atoms with Crippen LogP contribution in [-0.4, -0.2) is 12.5 Å². The van der Waals surface area contributed by atoms with Gasteiger partial charge in [-0.2, -0.15) is 0 Å². The number of rotatable bonds is 2. The molecule has 1 atom stereocenters. The summed E-state index contributed by atoms with van der Waals surface area (Å²) in [7, 11) is 0. The molecule has 4 heteroatoms. The standard InChI is InChI=1S/C11H14ClN3/c1-2-11(7-14-10(13)15-11)8-3-5-9(12)6-4-8/h3-6H,2,7H2,1H3,(H3,13,14,15). The third kappa shape index (κ3) is 1.79. The zero-order valence-corrected chi connectivity index (χ0v) is 9.38. The average molecular weight is 224 g/mol. The molecule has 0 bridgehead atoms. The highest BCUT2D eigenvalue weighted by Crippen LogP contribution is 2.29. The van der Waals surface area contributed by atoms with Gasteiger partial charge in [-0.1, -0.05) is 30.7 Å². The predicted octanol–water partition coefficient (Wildman–Crippen LogP) is 1.86. The van der Waals surface area contributed by atoms with Crippen LogP contribution < -0.4 is 11.1 Å². The Kier molecular flexibility index (Phi) is 2.57. The van der Waals surface area contributed by atoms with Crippen LogP contribution in [0.25, 0.3) is 0 Å². The first-order valence-electron chi connectivity index (χ1n) is 5.00. The summed E-state index contributed by atoms with van der Waals surface area (Å²) in [6, 6.07) is 7.83. The summed E-state index contributed by atoms with van der Waals surface area (Å²) in [5.74, 6) is 0.520. The van der Waals surface area contributed by atoms with Crippen molar-refractivity contribution in [1.29, 1.82) is 0 Å². The van der Waals surface area contributed by atoms with Crippen molar-refractivity contribution in [3.63, 3.8) is 0 Å². The molecule has 1 heterocycles. The van der Waals surface area contributed by atoms with E-state index in [1.807, 2.05) is 24.3 Å². The minimum Gasteiger partial charge on any atom is -0.370 e. The van der Waals surface area contributed by atoms with Crippen molar-refractivity contribution in [2.45, 2.75) is 18.9 Å². The maximum absolute atomic E-state index is 5.86. The van der Waals surface area contributed by atoms with E-state index in [1.54, 1.807) is 0 Å². The maximum Gasteiger partial charge on any atom is 0.189 e. The third-order valence-electron chi connectivity index (χ3n) is 2.89. The van der Waals surface area contributed by atoms with Crippen molar-refractivity contribution in [2.24, 2.45) is 10.7 Å². The van der Waals surface area contributed by atoms with Crippen LogP contribution in [0.5, 0.6) is 0 Å². The Morgan fingerprint density at radius 1 is 1.47 bits per heavy atom. The first-order valence-corrected chi connectivity index (χ1v) is 5.38. The molecule has 3 N–H and O–H groups in total. The molecule has 0 amide bonds. The van der Waals surface area contributed by atoms with Gasteiger partial charge >= 0.3 is 0 Å². The van der Waals surface area contributed by atoms with E-state index in [4.69, 9.17) is 17.3 Å². The Hall–Kier alpha value is -1.22. The van der Waals surface area contributed by atoms with Gasteiger partial charge in [0.05, 0.1) is 12.1 Å². The van der Waals surface area contributed by atoms with Crippen LogP contribution in [0.2, 0.25) is 5.02 Å². The summed E-state index contributed by atoms with van der Waals surface area (Å²) in [6.07, 6.45) is 0.943. The van der Waals surface area contributed by atoms with Crippen molar-refractivity contribution >= 4 is 17.6 Å². The summed E-state index contributed by atoms with van der Waals surface area (Å²) in [6.45, 7) is 2.81. The predicted molar refractivity (Wildman–Crippen MR) is 63.0 cm³/mol. The average Bonchev–Trinajstić information content (AvgIpc) is 2.62. The summed E-state index contributed by atoms with van der Waals surface area (Å²) < 4.78 is 0. The van der Waals surface area contributed by atoms with Gasteiger partial charge in [-0.15, -0.1) is 0 Å². The van der Waals surface area contributed by atoms with Crippen LogP contribution in [0.4, 0.5) is 0 Å². The van der Waals surface area contributed by atoms with Gasteiger partial charge in [0.2, 0.25) is 0 Å². The lowest BCUT2D eigenvalue weighted by Crippen LogP contribution is -2.44. The normalized spacial score (nSPS) is 24.8. The van der Waals surface area contributed by atoms with Crippen molar-refractivity contribution in [3.05, 3.63) is 34.9 Å². The highest BCUT2D eigenvalue weighted by Gasteiger charge is 2.34. The van der Waals surface area contributed by atoms with E-state index in [1.165, 1.54) is 5.56 Å². The lowest BCUT2D eigenvalue weighted by atomic mass is 9.88. The van der Waals surface area contributed by atoms with Gasteiger partial charge in [-0.25, -0.2) is 0 Å². The topological polar surface area (TPSA) is 50.4 Å². The largest absolute Gasteiger partial charge is 0.370 e. The lowest BCUT2D eigenvalue weighted by Gasteiger charge is -2.28. The number of hydrogen-bond acceptors (Lipinski definition) is 3. The molecule has 0 saturated heterocycles. The van der Waals surface area contributed by atoms with Crippen LogP contribution in [0, 0.1) is 0 Å². The number of guanidine groups is 1. The molecule has 0 saturated carbocycles. The molecular formula is C11H14ClN3. The smallest absolute Gasteiger partial charge is 0.189 e. The van der Waals surface area contributed by atoms with Gasteiger partial charge in [0, 0.05) is 5.02 Å². The van der Waals surface area contributed by atoms with Crippen LogP contribution >= 0.6 is 11.6 Å². The van der Waals surface area contributed by atoms with Gasteiger partial charge in [0.25, 0.3) is 0 Å². The number of nitrogens with zero attached hydrogens (tertiary/aromatic N) is 1. The molecule has 2 rings (SSSR count). The van der Waals surface area contributed by atoms with Crippen LogP contribution in [0.1, 0.15) is 18.9 Å². The highest BCUT2D eigenvalue weighted by atomic mass is 35.5. The Labute approximate surface area is 94.3 Å². The summed E-state index contributed by atoms with van der Waals surface area (Å²) >= 11 is 5.86. The number of benzene rings is 1. The Bertz CT molecular complexity index is 385. The summed E-state index contributed by atoms with van der Waals surface area (Å²) in [5.41, 5.74) is 6.70. The second-order valence-electron chi connectivity index (χ2n) is 3.77. The second-order valence-corrected chi connectivity index (χ2v) is 4.21. The number of halogens is 1. The minimum atomic E-state index is -0.144. The molecule has 80 valence electrons. The highest BCUT2D eigenvalue weighted by molar-refractivity contribution is 6.30. The van der Waals surface area contributed by atoms with E-state index in [9.17, 15) is 0 Å². The van der Waals surface area contributed by atoms with Crippen LogP contribution in [-0.2, 0) is 5.54 Å².